The van der Waals surface area contributed by atoms with Gasteiger partial charge in [0.1, 0.15) is 6.54 Å². The van der Waals surface area contributed by atoms with Crippen molar-refractivity contribution in [2.45, 2.75) is 18.3 Å². The summed E-state index contributed by atoms with van der Waals surface area (Å²) in [5.74, 6) is -1.26. The molecule has 0 atom stereocenters. The van der Waals surface area contributed by atoms with Gasteiger partial charge in [-0.1, -0.05) is 29.8 Å². The van der Waals surface area contributed by atoms with Gasteiger partial charge in [-0.3, -0.25) is 9.59 Å². The van der Waals surface area contributed by atoms with Gasteiger partial charge in [0.2, 0.25) is 5.91 Å². The van der Waals surface area contributed by atoms with E-state index >= 15 is 0 Å². The first-order valence-corrected chi connectivity index (χ1v) is 7.15. The average molecular weight is 312 g/mol. The Labute approximate surface area is 128 Å². The maximum absolute atomic E-state index is 12.9. The third-order valence-electron chi connectivity index (χ3n) is 3.86. The summed E-state index contributed by atoms with van der Waals surface area (Å²) in [6.07, 6.45) is 0.999. The number of benzene rings is 1. The van der Waals surface area contributed by atoms with Gasteiger partial charge in [-0.25, -0.2) is 0 Å². The smallest absolute Gasteiger partial charge is 0.323 e. The predicted octanol–water partition coefficient (Wildman–Crippen LogP) is 1.93. The minimum Gasteiger partial charge on any atom is -0.480 e. The average Bonchev–Trinajstić information content (AvgIpc) is 2.47. The fraction of sp³-hybridized carbons (Fsp3) is 0.467. The van der Waals surface area contributed by atoms with Crippen molar-refractivity contribution < 1.29 is 19.4 Å². The number of halogens is 1. The number of carbonyl (C=O) groups excluding carboxylic acids is 1. The van der Waals surface area contributed by atoms with Crippen molar-refractivity contribution in [3.05, 3.63) is 34.9 Å². The highest BCUT2D eigenvalue weighted by Crippen LogP contribution is 2.39. The maximum atomic E-state index is 12.9. The number of aliphatic carboxylic acids is 1. The molecule has 5 nitrogen and oxygen atoms in total. The minimum atomic E-state index is -1.03. The number of carbonyl (C=O) groups is 2. The van der Waals surface area contributed by atoms with Crippen LogP contribution in [0.5, 0.6) is 0 Å². The number of likely N-dealkylation sites (N-methyl/N-ethyl adjacent to an activating group) is 1. The van der Waals surface area contributed by atoms with Crippen LogP contribution in [0.25, 0.3) is 0 Å². The van der Waals surface area contributed by atoms with E-state index in [-0.39, 0.29) is 12.5 Å². The second kappa shape index (κ2) is 6.45. The van der Waals surface area contributed by atoms with Crippen molar-refractivity contribution in [1.29, 1.82) is 0 Å². The summed E-state index contributed by atoms with van der Waals surface area (Å²) in [5, 5.41) is 9.42. The standard InChI is InChI=1S/C15H18ClNO4/c1-17(10-13(18)19)14(20)15(6-8-21-9-7-15)11-4-2-3-5-12(11)16/h2-5H,6-10H2,1H3,(H,18,19). The van der Waals surface area contributed by atoms with Gasteiger partial charge in [0.05, 0.1) is 5.41 Å². The molecule has 1 saturated heterocycles. The molecule has 1 aromatic carbocycles. The van der Waals surface area contributed by atoms with E-state index in [9.17, 15) is 9.59 Å². The largest absolute Gasteiger partial charge is 0.480 e. The molecule has 1 fully saturated rings. The lowest BCUT2D eigenvalue weighted by Crippen LogP contribution is -2.50. The van der Waals surface area contributed by atoms with Gasteiger partial charge >= 0.3 is 5.97 Å². The SMILES string of the molecule is CN(CC(=O)O)C(=O)C1(c2ccccc2Cl)CCOCC1. The molecule has 0 saturated carbocycles. The molecule has 2 rings (SSSR count). The van der Waals surface area contributed by atoms with Crippen molar-refractivity contribution in [3.63, 3.8) is 0 Å². The van der Waals surface area contributed by atoms with Crippen LogP contribution in [0.2, 0.25) is 5.02 Å². The van der Waals surface area contributed by atoms with Crippen molar-refractivity contribution in [2.24, 2.45) is 0 Å². The second-order valence-electron chi connectivity index (χ2n) is 5.23. The summed E-state index contributed by atoms with van der Waals surface area (Å²) in [7, 11) is 1.50. The molecule has 0 aromatic heterocycles. The van der Waals surface area contributed by atoms with Crippen LogP contribution in [-0.4, -0.2) is 48.7 Å². The molecule has 0 bridgehead atoms. The van der Waals surface area contributed by atoms with Crippen LogP contribution in [-0.2, 0) is 19.7 Å². The Bertz CT molecular complexity index is 540. The first kappa shape index (κ1) is 15.8. The summed E-state index contributed by atoms with van der Waals surface area (Å²) in [4.78, 5) is 25.0. The fourth-order valence-electron chi connectivity index (χ4n) is 2.81. The Hall–Kier alpha value is -1.59. The molecule has 1 aliphatic rings. The highest BCUT2D eigenvalue weighted by Gasteiger charge is 2.44. The zero-order valence-corrected chi connectivity index (χ0v) is 12.6. The quantitative estimate of drug-likeness (QED) is 0.922. The van der Waals surface area contributed by atoms with Gasteiger partial charge in [0.15, 0.2) is 0 Å². The summed E-state index contributed by atoms with van der Waals surface area (Å²) in [6.45, 7) is 0.585. The number of hydrogen-bond acceptors (Lipinski definition) is 3. The van der Waals surface area contributed by atoms with Crippen molar-refractivity contribution >= 4 is 23.5 Å². The monoisotopic (exact) mass is 311 g/mol. The van der Waals surface area contributed by atoms with Gasteiger partial charge in [-0.15, -0.1) is 0 Å². The number of hydrogen-bond donors (Lipinski definition) is 1. The van der Waals surface area contributed by atoms with E-state index in [0.29, 0.717) is 31.1 Å². The predicted molar refractivity (Wildman–Crippen MR) is 78.5 cm³/mol. The van der Waals surface area contributed by atoms with Gasteiger partial charge in [-0.05, 0) is 24.5 Å². The van der Waals surface area contributed by atoms with Crippen molar-refractivity contribution in [1.82, 2.24) is 4.90 Å². The van der Waals surface area contributed by atoms with Crippen LogP contribution in [0.3, 0.4) is 0 Å². The minimum absolute atomic E-state index is 0.221. The number of carboxylic acids is 1. The van der Waals surface area contributed by atoms with Crippen LogP contribution in [0.15, 0.2) is 24.3 Å². The van der Waals surface area contributed by atoms with Crippen molar-refractivity contribution in [3.8, 4) is 0 Å². The van der Waals surface area contributed by atoms with Gasteiger partial charge < -0.3 is 14.7 Å². The highest BCUT2D eigenvalue weighted by atomic mass is 35.5. The molecular weight excluding hydrogens is 294 g/mol. The molecule has 21 heavy (non-hydrogen) atoms. The number of carboxylic acid groups (broad SMARTS) is 1. The summed E-state index contributed by atoms with van der Waals surface area (Å²) >= 11 is 6.27. The topological polar surface area (TPSA) is 66.8 Å². The Kier molecular flexibility index (Phi) is 4.85. The summed E-state index contributed by atoms with van der Waals surface area (Å²) in [5.41, 5.74) is -0.0574. The van der Waals surface area contributed by atoms with E-state index in [0.717, 1.165) is 5.56 Å². The van der Waals surface area contributed by atoms with Crippen LogP contribution in [0, 0.1) is 0 Å². The number of nitrogens with zero attached hydrogens (tertiary/aromatic N) is 1. The molecule has 1 heterocycles. The van der Waals surface area contributed by atoms with Crippen LogP contribution in [0.1, 0.15) is 18.4 Å². The first-order chi connectivity index (χ1) is 9.97. The molecular formula is C15H18ClNO4. The number of ether oxygens (including phenoxy) is 1. The lowest BCUT2D eigenvalue weighted by atomic mass is 9.73. The normalized spacial score (nSPS) is 17.2. The molecule has 6 heteroatoms. The molecule has 0 unspecified atom stereocenters. The highest BCUT2D eigenvalue weighted by molar-refractivity contribution is 6.31. The van der Waals surface area contributed by atoms with E-state index in [1.165, 1.54) is 11.9 Å². The molecule has 0 spiro atoms. The lowest BCUT2D eigenvalue weighted by molar-refractivity contribution is -0.148. The second-order valence-corrected chi connectivity index (χ2v) is 5.64. The van der Waals surface area contributed by atoms with Gasteiger partial charge in [0, 0.05) is 25.3 Å². The molecule has 1 aliphatic heterocycles. The molecule has 1 amide bonds. The van der Waals surface area contributed by atoms with E-state index in [1.54, 1.807) is 6.07 Å². The molecule has 1 aromatic rings. The zero-order valence-electron chi connectivity index (χ0n) is 11.8. The molecule has 0 aliphatic carbocycles. The fourth-order valence-corrected chi connectivity index (χ4v) is 3.12. The Morgan fingerprint density at radius 2 is 1.95 bits per heavy atom. The van der Waals surface area contributed by atoms with Crippen LogP contribution in [0.4, 0.5) is 0 Å². The van der Waals surface area contributed by atoms with Gasteiger partial charge in [-0.2, -0.15) is 0 Å². The number of rotatable bonds is 4. The first-order valence-electron chi connectivity index (χ1n) is 6.77. The lowest BCUT2D eigenvalue weighted by Gasteiger charge is -2.39. The summed E-state index contributed by atoms with van der Waals surface area (Å²) < 4.78 is 5.37. The third kappa shape index (κ3) is 3.19. The van der Waals surface area contributed by atoms with E-state index in [4.69, 9.17) is 21.4 Å². The van der Waals surface area contributed by atoms with Crippen molar-refractivity contribution in [2.75, 3.05) is 26.8 Å². The Balaban J connectivity index is 2.40. The Morgan fingerprint density at radius 1 is 1.33 bits per heavy atom. The van der Waals surface area contributed by atoms with Gasteiger partial charge in [0.25, 0.3) is 0 Å². The zero-order chi connectivity index (χ0) is 15.5. The Morgan fingerprint density at radius 3 is 2.52 bits per heavy atom. The molecule has 1 N–H and O–H groups in total. The van der Waals surface area contributed by atoms with Crippen LogP contribution >= 0.6 is 11.6 Å². The van der Waals surface area contributed by atoms with Crippen LogP contribution < -0.4 is 0 Å². The van der Waals surface area contributed by atoms with E-state index in [1.807, 2.05) is 18.2 Å². The summed E-state index contributed by atoms with van der Waals surface area (Å²) in [6, 6.07) is 7.23. The maximum Gasteiger partial charge on any atom is 0.323 e. The molecule has 114 valence electrons. The molecule has 0 radical (unpaired) electrons. The van der Waals surface area contributed by atoms with E-state index < -0.39 is 11.4 Å². The van der Waals surface area contributed by atoms with E-state index in [2.05, 4.69) is 0 Å². The number of amides is 1. The third-order valence-corrected chi connectivity index (χ3v) is 4.19.